The minimum atomic E-state index is -0.874. The van der Waals surface area contributed by atoms with E-state index in [1.54, 1.807) is 0 Å². The van der Waals surface area contributed by atoms with Crippen LogP contribution in [0, 0.1) is 11.3 Å². The number of rotatable bonds is 2. The van der Waals surface area contributed by atoms with Crippen molar-refractivity contribution in [2.24, 2.45) is 11.3 Å². The maximum absolute atomic E-state index is 12.9. The molecule has 26 heavy (non-hydrogen) atoms. The van der Waals surface area contributed by atoms with Crippen molar-refractivity contribution in [3.8, 4) is 0 Å². The molecule has 3 fully saturated rings. The number of allylic oxidation sites excluding steroid dienone is 1. The number of carbonyl (C=O) groups excluding carboxylic acids is 1. The Morgan fingerprint density at radius 3 is 3.00 bits per heavy atom. The largest absolute Gasteiger partial charge is 0.468 e. The van der Waals surface area contributed by atoms with Gasteiger partial charge >= 0.3 is 5.97 Å². The molecule has 4 unspecified atom stereocenters. The molecule has 6 rings (SSSR count). The molecule has 4 aliphatic heterocycles. The van der Waals surface area contributed by atoms with Crippen LogP contribution in [-0.4, -0.2) is 47.3 Å². The Balaban J connectivity index is 1.73. The predicted molar refractivity (Wildman–Crippen MR) is 98.6 cm³/mol. The van der Waals surface area contributed by atoms with Gasteiger partial charge in [-0.1, -0.05) is 29.8 Å². The van der Waals surface area contributed by atoms with Gasteiger partial charge in [0.25, 0.3) is 0 Å². The van der Waals surface area contributed by atoms with E-state index in [1.807, 2.05) is 13.0 Å². The van der Waals surface area contributed by atoms with Gasteiger partial charge < -0.3 is 14.8 Å². The van der Waals surface area contributed by atoms with E-state index in [4.69, 9.17) is 4.74 Å². The van der Waals surface area contributed by atoms with E-state index in [0.717, 1.165) is 24.9 Å². The number of esters is 1. The molecule has 4 bridgehead atoms. The van der Waals surface area contributed by atoms with Crippen LogP contribution in [0.5, 0.6) is 0 Å². The molecule has 136 valence electrons. The zero-order chi connectivity index (χ0) is 18.1. The van der Waals surface area contributed by atoms with E-state index in [2.05, 4.69) is 34.2 Å². The van der Waals surface area contributed by atoms with Crippen molar-refractivity contribution in [3.05, 3.63) is 47.2 Å². The molecule has 4 aliphatic rings. The van der Waals surface area contributed by atoms with Gasteiger partial charge in [0.05, 0.1) is 19.8 Å². The number of H-pyrrole nitrogens is 1. The van der Waals surface area contributed by atoms with Crippen LogP contribution in [0.1, 0.15) is 30.6 Å². The summed E-state index contributed by atoms with van der Waals surface area (Å²) < 4.78 is 5.22. The van der Waals surface area contributed by atoms with Crippen LogP contribution in [0.4, 0.5) is 0 Å². The molecule has 0 radical (unpaired) electrons. The van der Waals surface area contributed by atoms with Crippen LogP contribution in [-0.2, 0) is 16.0 Å². The number of piperidine rings is 3. The first kappa shape index (κ1) is 16.1. The van der Waals surface area contributed by atoms with Crippen LogP contribution in [0.25, 0.3) is 10.9 Å². The van der Waals surface area contributed by atoms with Gasteiger partial charge in [0.2, 0.25) is 0 Å². The Hall–Kier alpha value is -2.11. The maximum Gasteiger partial charge on any atom is 0.316 e. The van der Waals surface area contributed by atoms with Gasteiger partial charge in [-0.25, -0.2) is 0 Å². The fraction of sp³-hybridized carbons (Fsp3) is 0.476. The van der Waals surface area contributed by atoms with Crippen molar-refractivity contribution in [1.29, 1.82) is 0 Å². The zero-order valence-electron chi connectivity index (χ0n) is 15.2. The second-order valence-corrected chi connectivity index (χ2v) is 7.81. The fourth-order valence-corrected chi connectivity index (χ4v) is 5.88. The molecule has 2 N–H and O–H groups in total. The van der Waals surface area contributed by atoms with E-state index >= 15 is 0 Å². The molecule has 0 saturated carbocycles. The summed E-state index contributed by atoms with van der Waals surface area (Å²) in [6.45, 7) is 2.72. The number of aromatic nitrogens is 1. The number of benzene rings is 1. The summed E-state index contributed by atoms with van der Waals surface area (Å²) in [6, 6.07) is 8.61. The van der Waals surface area contributed by atoms with Gasteiger partial charge in [0.1, 0.15) is 5.41 Å². The second-order valence-electron chi connectivity index (χ2n) is 7.81. The number of para-hydroxylation sites is 1. The van der Waals surface area contributed by atoms with Crippen LogP contribution >= 0.6 is 0 Å². The number of carbonyl (C=O) groups is 1. The summed E-state index contributed by atoms with van der Waals surface area (Å²) in [5.74, 6) is -0.245. The zero-order valence-corrected chi connectivity index (χ0v) is 15.2. The Labute approximate surface area is 152 Å². The highest BCUT2D eigenvalue weighted by atomic mass is 16.5. The van der Waals surface area contributed by atoms with Crippen molar-refractivity contribution in [1.82, 2.24) is 9.88 Å². The lowest BCUT2D eigenvalue weighted by molar-refractivity contribution is -0.183. The quantitative estimate of drug-likeness (QED) is 0.644. The molecule has 5 heterocycles. The Bertz CT molecular complexity index is 930. The highest BCUT2D eigenvalue weighted by Gasteiger charge is 2.64. The van der Waals surface area contributed by atoms with E-state index < -0.39 is 5.41 Å². The molecule has 1 aromatic heterocycles. The summed E-state index contributed by atoms with van der Waals surface area (Å²) in [5, 5.41) is 11.7. The number of hydrogen-bond acceptors (Lipinski definition) is 4. The van der Waals surface area contributed by atoms with Crippen molar-refractivity contribution in [3.63, 3.8) is 0 Å². The lowest BCUT2D eigenvalue weighted by atomic mass is 9.55. The number of aromatic amines is 1. The summed E-state index contributed by atoms with van der Waals surface area (Å²) in [5.41, 5.74) is 4.12. The molecule has 1 aromatic carbocycles. The average molecular weight is 352 g/mol. The molecular weight excluding hydrogens is 328 g/mol. The van der Waals surface area contributed by atoms with E-state index in [9.17, 15) is 9.90 Å². The van der Waals surface area contributed by atoms with Crippen molar-refractivity contribution >= 4 is 16.9 Å². The number of nitrogens with zero attached hydrogens (tertiary/aromatic N) is 1. The van der Waals surface area contributed by atoms with Crippen LogP contribution < -0.4 is 0 Å². The van der Waals surface area contributed by atoms with Gasteiger partial charge in [0, 0.05) is 35.1 Å². The molecule has 0 aliphatic carbocycles. The summed E-state index contributed by atoms with van der Waals surface area (Å²) in [6.07, 6.45) is 3.72. The lowest BCUT2D eigenvalue weighted by Crippen LogP contribution is -2.69. The number of ether oxygens (including phenoxy) is 1. The molecule has 3 saturated heterocycles. The van der Waals surface area contributed by atoms with Crippen LogP contribution in [0.2, 0.25) is 0 Å². The Morgan fingerprint density at radius 1 is 1.46 bits per heavy atom. The standard InChI is InChI=1S/C21H24N2O3/c1-3-12-10-23-17-9-15(12)21(11-24,20(25)26-2)18(23)8-14-13-6-4-5-7-16(13)22-19(14)17/h3-7,15,17-18,22,24H,8-11H2,1-2H3/t15?,17-,18?,21?/m1/s1. The fourth-order valence-electron chi connectivity index (χ4n) is 5.88. The van der Waals surface area contributed by atoms with Crippen molar-refractivity contribution < 1.29 is 14.6 Å². The monoisotopic (exact) mass is 352 g/mol. The van der Waals surface area contributed by atoms with Gasteiger partial charge in [-0.2, -0.15) is 0 Å². The van der Waals surface area contributed by atoms with Crippen LogP contribution in [0.3, 0.4) is 0 Å². The van der Waals surface area contributed by atoms with Gasteiger partial charge in [0.15, 0.2) is 0 Å². The van der Waals surface area contributed by atoms with E-state index in [-0.39, 0.29) is 30.6 Å². The minimum Gasteiger partial charge on any atom is -0.468 e. The number of nitrogens with one attached hydrogen (secondary N) is 1. The van der Waals surface area contributed by atoms with Gasteiger partial charge in [-0.15, -0.1) is 0 Å². The molecular formula is C21H24N2O3. The summed E-state index contributed by atoms with van der Waals surface area (Å²) in [4.78, 5) is 19.0. The number of methoxy groups -OCH3 is 1. The van der Waals surface area contributed by atoms with Crippen molar-refractivity contribution in [2.75, 3.05) is 20.3 Å². The topological polar surface area (TPSA) is 65.6 Å². The highest BCUT2D eigenvalue weighted by Crippen LogP contribution is 2.59. The smallest absolute Gasteiger partial charge is 0.316 e. The third-order valence-corrected chi connectivity index (χ3v) is 7.06. The predicted octanol–water partition coefficient (Wildman–Crippen LogP) is 2.57. The highest BCUT2D eigenvalue weighted by molar-refractivity contribution is 5.86. The SMILES string of the molecule is CC=C1CN2C3Cc4c([nH]c5ccccc45)[C@H]2CC1C3(CO)C(=O)OC. The first-order chi connectivity index (χ1) is 12.7. The van der Waals surface area contributed by atoms with Gasteiger partial charge in [-0.3, -0.25) is 9.69 Å². The van der Waals surface area contributed by atoms with E-state index in [0.29, 0.717) is 0 Å². The Morgan fingerprint density at radius 2 is 2.27 bits per heavy atom. The van der Waals surface area contributed by atoms with E-state index in [1.165, 1.54) is 29.3 Å². The number of aliphatic hydroxyl groups is 1. The number of aliphatic hydroxyl groups excluding tert-OH is 1. The van der Waals surface area contributed by atoms with Crippen LogP contribution in [0.15, 0.2) is 35.9 Å². The summed E-state index contributed by atoms with van der Waals surface area (Å²) >= 11 is 0. The molecule has 2 aromatic rings. The second kappa shape index (κ2) is 5.44. The minimum absolute atomic E-state index is 0.0286. The molecule has 5 heteroatoms. The molecule has 0 amide bonds. The van der Waals surface area contributed by atoms with Gasteiger partial charge in [-0.05, 0) is 31.4 Å². The molecule has 0 spiro atoms. The Kier molecular flexibility index (Phi) is 3.37. The summed E-state index contributed by atoms with van der Waals surface area (Å²) in [7, 11) is 1.43. The number of hydrogen-bond donors (Lipinski definition) is 2. The first-order valence-electron chi connectivity index (χ1n) is 9.35. The lowest BCUT2D eigenvalue weighted by Gasteiger charge is -2.62. The van der Waals surface area contributed by atoms with Crippen molar-refractivity contribution in [2.45, 2.75) is 31.8 Å². The molecule has 5 atom stereocenters. The molecule has 5 nitrogen and oxygen atoms in total. The first-order valence-corrected chi connectivity index (χ1v) is 9.35. The number of fused-ring (bicyclic) bond motifs is 4. The normalized spacial score (nSPS) is 36.3. The average Bonchev–Trinajstić information content (AvgIpc) is 3.06. The third kappa shape index (κ3) is 1.75. The maximum atomic E-state index is 12.9. The third-order valence-electron chi connectivity index (χ3n) is 7.06.